The average Bonchev–Trinajstić information content (AvgIpc) is 2.32. The predicted octanol–water partition coefficient (Wildman–Crippen LogP) is 1.21. The van der Waals surface area contributed by atoms with E-state index in [0.29, 0.717) is 0 Å². The lowest BCUT2D eigenvalue weighted by Gasteiger charge is -2.08. The first-order chi connectivity index (χ1) is 5.04. The van der Waals surface area contributed by atoms with Gasteiger partial charge in [0.1, 0.15) is 6.07 Å². The van der Waals surface area contributed by atoms with E-state index in [4.69, 9.17) is 5.26 Å². The molecule has 0 atom stereocenters. The van der Waals surface area contributed by atoms with Gasteiger partial charge in [-0.25, -0.2) is 0 Å². The molecule has 1 aromatic rings. The number of furan rings is 1. The maximum Gasteiger partial charge on any atom is 0.544 e. The van der Waals surface area contributed by atoms with Crippen LogP contribution in [0.4, 0.5) is 12.9 Å². The van der Waals surface area contributed by atoms with Gasteiger partial charge in [0.2, 0.25) is 0 Å². The standard InChI is InChI=1S/C5H2BF3NO/c7-6(8,9)5-2-1-4(3-10)11-5/h1-2H/q-1. The predicted molar refractivity (Wildman–Crippen MR) is 32.1 cm³/mol. The van der Waals surface area contributed by atoms with Crippen LogP contribution in [-0.2, 0) is 0 Å². The molecule has 0 aromatic carbocycles. The first kappa shape index (κ1) is 7.73. The second-order valence-electron chi connectivity index (χ2n) is 1.89. The van der Waals surface area contributed by atoms with Gasteiger partial charge in [0.15, 0.2) is 5.76 Å². The summed E-state index contributed by atoms with van der Waals surface area (Å²) >= 11 is 0. The molecule has 1 rings (SSSR count). The maximum atomic E-state index is 11.8. The van der Waals surface area contributed by atoms with Crippen LogP contribution in [-0.4, -0.2) is 6.98 Å². The van der Waals surface area contributed by atoms with Gasteiger partial charge in [-0.1, -0.05) is 6.07 Å². The van der Waals surface area contributed by atoms with Crippen LogP contribution >= 0.6 is 0 Å². The van der Waals surface area contributed by atoms with Gasteiger partial charge in [0.25, 0.3) is 0 Å². The highest BCUT2D eigenvalue weighted by Gasteiger charge is 2.29. The van der Waals surface area contributed by atoms with Gasteiger partial charge in [-0.05, 0) is 6.07 Å². The van der Waals surface area contributed by atoms with Gasteiger partial charge in [-0.2, -0.15) is 5.26 Å². The molecule has 0 aliphatic carbocycles. The van der Waals surface area contributed by atoms with E-state index >= 15 is 0 Å². The number of nitrogens with zero attached hydrogens (tertiary/aromatic N) is 1. The van der Waals surface area contributed by atoms with E-state index in [1.165, 1.54) is 6.07 Å². The summed E-state index contributed by atoms with van der Waals surface area (Å²) < 4.78 is 39.5. The second kappa shape index (κ2) is 2.34. The Labute approximate surface area is 60.3 Å². The lowest BCUT2D eigenvalue weighted by atomic mass is 9.88. The number of hydrogen-bond donors (Lipinski definition) is 0. The Kier molecular flexibility index (Phi) is 1.65. The van der Waals surface area contributed by atoms with Crippen molar-refractivity contribution in [2.45, 2.75) is 0 Å². The third-order valence-electron chi connectivity index (χ3n) is 1.06. The van der Waals surface area contributed by atoms with Gasteiger partial charge in [-0.3, -0.25) is 0 Å². The molecule has 0 fully saturated rings. The van der Waals surface area contributed by atoms with Gasteiger partial charge in [0.05, 0.1) is 0 Å². The molecule has 0 bridgehead atoms. The Morgan fingerprint density at radius 1 is 1.36 bits per heavy atom. The Morgan fingerprint density at radius 3 is 2.27 bits per heavy atom. The summed E-state index contributed by atoms with van der Waals surface area (Å²) in [7, 11) is 0. The fourth-order valence-corrected chi connectivity index (χ4v) is 0.589. The zero-order valence-corrected chi connectivity index (χ0v) is 5.22. The van der Waals surface area contributed by atoms with Crippen molar-refractivity contribution in [1.29, 1.82) is 5.26 Å². The normalized spacial score (nSPS) is 11.1. The molecule has 6 heteroatoms. The van der Waals surface area contributed by atoms with Crippen molar-refractivity contribution >= 4 is 12.6 Å². The minimum atomic E-state index is -5.11. The smallest absolute Gasteiger partial charge is 0.483 e. The zero-order valence-electron chi connectivity index (χ0n) is 5.22. The van der Waals surface area contributed by atoms with Crippen LogP contribution in [0.2, 0.25) is 0 Å². The molecule has 58 valence electrons. The fraction of sp³-hybridized carbons (Fsp3) is 0. The van der Waals surface area contributed by atoms with Crippen molar-refractivity contribution in [1.82, 2.24) is 0 Å². The Bertz CT molecular complexity index is 297. The zero-order chi connectivity index (χ0) is 8.48. The molecule has 0 aliphatic heterocycles. The topological polar surface area (TPSA) is 36.9 Å². The van der Waals surface area contributed by atoms with Crippen LogP contribution in [0.25, 0.3) is 0 Å². The van der Waals surface area contributed by atoms with E-state index in [0.717, 1.165) is 12.1 Å². The minimum absolute atomic E-state index is 0.320. The van der Waals surface area contributed by atoms with E-state index in [-0.39, 0.29) is 5.76 Å². The summed E-state index contributed by atoms with van der Waals surface area (Å²) in [5.74, 6) is -0.320. The van der Waals surface area contributed by atoms with Crippen LogP contribution < -0.4 is 5.66 Å². The minimum Gasteiger partial charge on any atom is -0.483 e. The summed E-state index contributed by atoms with van der Waals surface area (Å²) in [5, 5.41) is 8.11. The monoisotopic (exact) mass is 160 g/mol. The van der Waals surface area contributed by atoms with E-state index in [1.807, 2.05) is 0 Å². The highest BCUT2D eigenvalue weighted by molar-refractivity contribution is 6.72. The summed E-state index contributed by atoms with van der Waals surface area (Å²) in [5.41, 5.74) is -1.08. The van der Waals surface area contributed by atoms with Crippen molar-refractivity contribution in [2.24, 2.45) is 0 Å². The van der Waals surface area contributed by atoms with Gasteiger partial charge in [-0.15, -0.1) is 0 Å². The SMILES string of the molecule is N#Cc1ccc([B-](F)(F)F)o1. The molecule has 11 heavy (non-hydrogen) atoms. The lowest BCUT2D eigenvalue weighted by Crippen LogP contribution is -2.32. The van der Waals surface area contributed by atoms with E-state index < -0.39 is 12.6 Å². The molecular weight excluding hydrogens is 158 g/mol. The quantitative estimate of drug-likeness (QED) is 0.578. The number of nitriles is 1. The molecule has 0 saturated carbocycles. The summed E-state index contributed by atoms with van der Waals surface area (Å²) in [6.07, 6.45) is 0. The molecular formula is C5H2BF3NO-. The van der Waals surface area contributed by atoms with Crippen LogP contribution in [0.5, 0.6) is 0 Å². The van der Waals surface area contributed by atoms with Crippen LogP contribution in [0.3, 0.4) is 0 Å². The van der Waals surface area contributed by atoms with Crippen molar-refractivity contribution < 1.29 is 17.4 Å². The highest BCUT2D eigenvalue weighted by atomic mass is 19.4. The Balaban J connectivity index is 3.01. The molecule has 0 saturated heterocycles. The first-order valence-corrected chi connectivity index (χ1v) is 2.74. The van der Waals surface area contributed by atoms with E-state index in [2.05, 4.69) is 4.42 Å². The summed E-state index contributed by atoms with van der Waals surface area (Å²) in [6.45, 7) is -5.11. The third kappa shape index (κ3) is 1.55. The molecule has 0 radical (unpaired) electrons. The number of hydrogen-bond acceptors (Lipinski definition) is 2. The van der Waals surface area contributed by atoms with Gasteiger partial charge in [0, 0.05) is 5.66 Å². The molecule has 0 aliphatic rings. The molecule has 1 aromatic heterocycles. The summed E-state index contributed by atoms with van der Waals surface area (Å²) in [4.78, 5) is 0. The average molecular weight is 160 g/mol. The molecule has 1 heterocycles. The molecule has 0 amide bonds. The maximum absolute atomic E-state index is 11.8. The molecule has 0 spiro atoms. The van der Waals surface area contributed by atoms with Crippen LogP contribution in [0, 0.1) is 11.3 Å². The van der Waals surface area contributed by atoms with E-state index in [1.54, 1.807) is 0 Å². The number of halogens is 3. The van der Waals surface area contributed by atoms with Crippen molar-refractivity contribution in [2.75, 3.05) is 0 Å². The largest absolute Gasteiger partial charge is 0.544 e. The van der Waals surface area contributed by atoms with Crippen molar-refractivity contribution in [3.05, 3.63) is 17.9 Å². The first-order valence-electron chi connectivity index (χ1n) is 2.74. The van der Waals surface area contributed by atoms with E-state index in [9.17, 15) is 12.9 Å². The summed E-state index contributed by atoms with van der Waals surface area (Å²) in [6, 6.07) is 3.20. The Morgan fingerprint density at radius 2 is 2.00 bits per heavy atom. The molecule has 2 nitrogen and oxygen atoms in total. The van der Waals surface area contributed by atoms with Crippen molar-refractivity contribution in [3.8, 4) is 6.07 Å². The third-order valence-corrected chi connectivity index (χ3v) is 1.06. The van der Waals surface area contributed by atoms with Crippen molar-refractivity contribution in [3.63, 3.8) is 0 Å². The molecule has 0 N–H and O–H groups in total. The highest BCUT2D eigenvalue weighted by Crippen LogP contribution is 2.10. The van der Waals surface area contributed by atoms with Gasteiger partial charge >= 0.3 is 6.98 Å². The molecule has 0 unspecified atom stereocenters. The Hall–Kier alpha value is -1.38. The second-order valence-corrected chi connectivity index (χ2v) is 1.89. The van der Waals surface area contributed by atoms with Gasteiger partial charge < -0.3 is 17.4 Å². The van der Waals surface area contributed by atoms with Crippen LogP contribution in [0.1, 0.15) is 5.76 Å². The fourth-order valence-electron chi connectivity index (χ4n) is 0.589. The lowest BCUT2D eigenvalue weighted by molar-refractivity contribution is 0.462. The van der Waals surface area contributed by atoms with Crippen LogP contribution in [0.15, 0.2) is 16.5 Å². The number of rotatable bonds is 1.